The number of methoxy groups -OCH3 is 1. The van der Waals surface area contributed by atoms with Crippen LogP contribution in [0.5, 0.6) is 5.75 Å². The first kappa shape index (κ1) is 19.6. The lowest BCUT2D eigenvalue weighted by molar-refractivity contribution is -0.0113. The molecule has 1 amide bonds. The minimum absolute atomic E-state index is 0.130. The molecule has 2 saturated heterocycles. The van der Waals surface area contributed by atoms with Gasteiger partial charge in [0.15, 0.2) is 0 Å². The zero-order valence-electron chi connectivity index (χ0n) is 18.3. The summed E-state index contributed by atoms with van der Waals surface area (Å²) in [5, 5.41) is 0. The first-order valence-corrected chi connectivity index (χ1v) is 11.3. The van der Waals surface area contributed by atoms with E-state index >= 15 is 0 Å². The number of hydrogen-bond donors (Lipinski definition) is 0. The molecule has 0 N–H and O–H groups in total. The number of piperidine rings is 1. The van der Waals surface area contributed by atoms with Gasteiger partial charge in [0.1, 0.15) is 5.75 Å². The van der Waals surface area contributed by atoms with Crippen molar-refractivity contribution in [2.45, 2.75) is 63.2 Å². The lowest BCUT2D eigenvalue weighted by atomic mass is 9.64. The Morgan fingerprint density at radius 1 is 1.07 bits per heavy atom. The van der Waals surface area contributed by atoms with Crippen LogP contribution in [0.1, 0.15) is 48.5 Å². The minimum atomic E-state index is 0.130. The van der Waals surface area contributed by atoms with Crippen LogP contribution in [-0.4, -0.2) is 54.0 Å². The van der Waals surface area contributed by atoms with Gasteiger partial charge in [0.05, 0.1) is 18.7 Å². The summed E-state index contributed by atoms with van der Waals surface area (Å²) in [6, 6.07) is 19.8. The van der Waals surface area contributed by atoms with E-state index in [-0.39, 0.29) is 23.4 Å². The Morgan fingerprint density at radius 3 is 2.53 bits per heavy atom. The SMILES string of the molecule is COc1ccccc1C(=O)N1[C@H](Cc2ccccc2)[C@@H]2C[C@@]3(C)[C@H](CCC[C@@H]13)N2C. The summed E-state index contributed by atoms with van der Waals surface area (Å²) in [4.78, 5) is 19.0. The van der Waals surface area contributed by atoms with Crippen molar-refractivity contribution in [3.8, 4) is 5.75 Å². The van der Waals surface area contributed by atoms with Gasteiger partial charge >= 0.3 is 0 Å². The predicted molar refractivity (Wildman–Crippen MR) is 119 cm³/mol. The molecule has 0 aromatic heterocycles. The lowest BCUT2D eigenvalue weighted by Gasteiger charge is -2.53. The summed E-state index contributed by atoms with van der Waals surface area (Å²) < 4.78 is 5.57. The van der Waals surface area contributed by atoms with E-state index in [2.05, 4.69) is 54.1 Å². The maximum absolute atomic E-state index is 14.1. The molecule has 2 aromatic carbocycles. The van der Waals surface area contributed by atoms with E-state index in [0.29, 0.717) is 23.4 Å². The first-order chi connectivity index (χ1) is 14.5. The van der Waals surface area contributed by atoms with E-state index in [1.165, 1.54) is 24.8 Å². The van der Waals surface area contributed by atoms with E-state index in [0.717, 1.165) is 12.8 Å². The summed E-state index contributed by atoms with van der Waals surface area (Å²) in [5.41, 5.74) is 2.16. The number of hydrogen-bond acceptors (Lipinski definition) is 3. The Labute approximate surface area is 179 Å². The van der Waals surface area contributed by atoms with Gasteiger partial charge in [0.2, 0.25) is 0 Å². The van der Waals surface area contributed by atoms with E-state index in [1.54, 1.807) is 7.11 Å². The Morgan fingerprint density at radius 2 is 1.77 bits per heavy atom. The molecule has 0 unspecified atom stereocenters. The van der Waals surface area contributed by atoms with Crippen molar-refractivity contribution < 1.29 is 9.53 Å². The molecule has 5 atom stereocenters. The third kappa shape index (κ3) is 2.88. The van der Waals surface area contributed by atoms with Crippen molar-refractivity contribution in [1.29, 1.82) is 0 Å². The van der Waals surface area contributed by atoms with Crippen LogP contribution >= 0.6 is 0 Å². The Balaban J connectivity index is 1.60. The largest absolute Gasteiger partial charge is 0.496 e. The van der Waals surface area contributed by atoms with Crippen molar-refractivity contribution in [2.24, 2.45) is 5.41 Å². The number of benzene rings is 2. The van der Waals surface area contributed by atoms with Crippen LogP contribution in [0, 0.1) is 5.41 Å². The quantitative estimate of drug-likeness (QED) is 0.757. The van der Waals surface area contributed by atoms with Gasteiger partial charge in [-0.15, -0.1) is 0 Å². The highest BCUT2D eigenvalue weighted by atomic mass is 16.5. The van der Waals surface area contributed by atoms with Gasteiger partial charge in [0, 0.05) is 23.5 Å². The van der Waals surface area contributed by atoms with Crippen LogP contribution in [0.4, 0.5) is 0 Å². The molecule has 4 nitrogen and oxygen atoms in total. The number of likely N-dealkylation sites (tertiary alicyclic amines) is 2. The van der Waals surface area contributed by atoms with Crippen molar-refractivity contribution in [2.75, 3.05) is 14.2 Å². The maximum Gasteiger partial charge on any atom is 0.258 e. The van der Waals surface area contributed by atoms with Crippen LogP contribution in [0.3, 0.4) is 0 Å². The topological polar surface area (TPSA) is 32.8 Å². The first-order valence-electron chi connectivity index (χ1n) is 11.3. The van der Waals surface area contributed by atoms with Crippen LogP contribution < -0.4 is 4.74 Å². The summed E-state index contributed by atoms with van der Waals surface area (Å²) in [6.07, 6.45) is 5.62. The van der Waals surface area contributed by atoms with Crippen LogP contribution in [0.25, 0.3) is 0 Å². The van der Waals surface area contributed by atoms with Crippen molar-refractivity contribution in [3.05, 3.63) is 65.7 Å². The second-order valence-corrected chi connectivity index (χ2v) is 9.58. The number of para-hydroxylation sites is 1. The van der Waals surface area contributed by atoms with Gasteiger partial charge in [-0.2, -0.15) is 0 Å². The van der Waals surface area contributed by atoms with Gasteiger partial charge < -0.3 is 9.64 Å². The molecule has 2 bridgehead atoms. The van der Waals surface area contributed by atoms with Crippen LogP contribution in [0.2, 0.25) is 0 Å². The summed E-state index contributed by atoms with van der Waals surface area (Å²) in [6.45, 7) is 2.43. The van der Waals surface area contributed by atoms with E-state index in [4.69, 9.17) is 4.74 Å². The molecule has 30 heavy (non-hydrogen) atoms. The number of fused-ring (bicyclic) bond motifs is 1. The molecule has 2 aromatic rings. The second-order valence-electron chi connectivity index (χ2n) is 9.58. The summed E-state index contributed by atoms with van der Waals surface area (Å²) in [7, 11) is 3.94. The fourth-order valence-corrected chi connectivity index (χ4v) is 6.78. The van der Waals surface area contributed by atoms with Gasteiger partial charge in [-0.3, -0.25) is 9.69 Å². The number of ether oxygens (including phenoxy) is 1. The molecule has 2 aliphatic heterocycles. The van der Waals surface area contributed by atoms with Gasteiger partial charge in [-0.1, -0.05) is 49.4 Å². The van der Waals surface area contributed by atoms with Gasteiger partial charge in [-0.05, 0) is 56.8 Å². The number of amides is 1. The molecule has 3 aliphatic rings. The number of carbonyl (C=O) groups is 1. The van der Waals surface area contributed by atoms with E-state index in [9.17, 15) is 4.79 Å². The zero-order valence-corrected chi connectivity index (χ0v) is 18.3. The summed E-state index contributed by atoms with van der Waals surface area (Å²) in [5.74, 6) is 0.801. The lowest BCUT2D eigenvalue weighted by Crippen LogP contribution is -2.62. The predicted octanol–water partition coefficient (Wildman–Crippen LogP) is 4.39. The normalized spacial score (nSPS) is 32.8. The molecule has 0 radical (unpaired) electrons. The Hall–Kier alpha value is -2.33. The van der Waals surface area contributed by atoms with Gasteiger partial charge in [0.25, 0.3) is 5.91 Å². The monoisotopic (exact) mass is 404 g/mol. The smallest absolute Gasteiger partial charge is 0.258 e. The maximum atomic E-state index is 14.1. The molecule has 5 rings (SSSR count). The molecular weight excluding hydrogens is 372 g/mol. The molecule has 3 fully saturated rings. The number of carbonyl (C=O) groups excluding carboxylic acids is 1. The molecular formula is C26H32N2O2. The van der Waals surface area contributed by atoms with Crippen molar-refractivity contribution in [1.82, 2.24) is 9.80 Å². The molecule has 2 heterocycles. The highest BCUT2D eigenvalue weighted by Crippen LogP contribution is 2.56. The number of likely N-dealkylation sites (N-methyl/N-ethyl adjacent to an activating group) is 1. The third-order valence-corrected chi connectivity index (χ3v) is 8.14. The van der Waals surface area contributed by atoms with E-state index in [1.807, 2.05) is 24.3 Å². The molecule has 1 saturated carbocycles. The van der Waals surface area contributed by atoms with Crippen LogP contribution in [0.15, 0.2) is 54.6 Å². The second kappa shape index (κ2) is 7.42. The number of rotatable bonds is 4. The van der Waals surface area contributed by atoms with Gasteiger partial charge in [-0.25, -0.2) is 0 Å². The van der Waals surface area contributed by atoms with E-state index < -0.39 is 0 Å². The standard InChI is InChI=1S/C26H32N2O2/c1-26-17-21-20(16-18-10-5-4-6-11-18)28(24(26)15-9-14-23(26)27(21)2)25(29)19-12-7-8-13-22(19)30-3/h4-8,10-13,20-21,23-24H,9,14-17H2,1-3H3/t20-,21+,23+,24-,26+/m1/s1. The Bertz CT molecular complexity index is 930. The van der Waals surface area contributed by atoms with Crippen molar-refractivity contribution in [3.63, 3.8) is 0 Å². The third-order valence-electron chi connectivity index (χ3n) is 8.14. The fraction of sp³-hybridized carbons (Fsp3) is 0.500. The molecule has 4 heteroatoms. The fourth-order valence-electron chi connectivity index (χ4n) is 6.78. The highest BCUT2D eigenvalue weighted by Gasteiger charge is 2.62. The Kier molecular flexibility index (Phi) is 4.85. The summed E-state index contributed by atoms with van der Waals surface area (Å²) >= 11 is 0. The minimum Gasteiger partial charge on any atom is -0.496 e. The molecule has 0 spiro atoms. The number of nitrogens with zero attached hydrogens (tertiary/aromatic N) is 2. The van der Waals surface area contributed by atoms with Crippen LogP contribution in [-0.2, 0) is 6.42 Å². The van der Waals surface area contributed by atoms with Crippen molar-refractivity contribution >= 4 is 5.91 Å². The average Bonchev–Trinajstić information content (AvgIpc) is 3.04. The average molecular weight is 405 g/mol. The molecule has 158 valence electrons. The highest BCUT2D eigenvalue weighted by molar-refractivity contribution is 5.97. The zero-order chi connectivity index (χ0) is 20.9. The molecule has 1 aliphatic carbocycles.